The predicted octanol–water partition coefficient (Wildman–Crippen LogP) is 3.55. The lowest BCUT2D eigenvalue weighted by molar-refractivity contribution is 0.0635. The minimum atomic E-state index is -0.506. The molecular weight excluding hydrogens is 228 g/mol. The van der Waals surface area contributed by atoms with Crippen LogP contribution < -0.4 is 5.32 Å². The summed E-state index contributed by atoms with van der Waals surface area (Å²) in [5, 5.41) is 2.72. The van der Waals surface area contributed by atoms with E-state index in [4.69, 9.17) is 4.74 Å². The van der Waals surface area contributed by atoms with E-state index in [1.54, 1.807) is 12.3 Å². The first-order valence-corrected chi connectivity index (χ1v) is 5.97. The molecule has 0 atom stereocenters. The molecule has 0 aliphatic rings. The molecule has 0 saturated carbocycles. The highest BCUT2D eigenvalue weighted by Gasteiger charge is 2.17. The summed E-state index contributed by atoms with van der Waals surface area (Å²) in [5.41, 5.74) is 1.02. The van der Waals surface area contributed by atoms with Crippen molar-refractivity contribution in [2.24, 2.45) is 0 Å². The molecule has 0 aromatic carbocycles. The van der Waals surface area contributed by atoms with Crippen LogP contribution in [0.25, 0.3) is 0 Å². The van der Waals surface area contributed by atoms with Crippen molar-refractivity contribution in [3.8, 4) is 0 Å². The third-order valence-electron chi connectivity index (χ3n) is 2.11. The Morgan fingerprint density at radius 1 is 1.56 bits per heavy atom. The highest BCUT2D eigenvalue weighted by Crippen LogP contribution is 2.16. The summed E-state index contributed by atoms with van der Waals surface area (Å²) in [6, 6.07) is 3.60. The number of aromatic nitrogens is 1. The van der Waals surface area contributed by atoms with Crippen LogP contribution in [0.4, 0.5) is 10.5 Å². The minimum absolute atomic E-state index is 0.463. The summed E-state index contributed by atoms with van der Waals surface area (Å²) >= 11 is 0. The van der Waals surface area contributed by atoms with E-state index in [1.165, 1.54) is 0 Å². The van der Waals surface area contributed by atoms with Gasteiger partial charge in [-0.3, -0.25) is 10.3 Å². The lowest BCUT2D eigenvalue weighted by Crippen LogP contribution is -2.27. The van der Waals surface area contributed by atoms with Crippen LogP contribution >= 0.6 is 0 Å². The van der Waals surface area contributed by atoms with Gasteiger partial charge in [-0.1, -0.05) is 6.08 Å². The fraction of sp³-hybridized carbons (Fsp3) is 0.429. The molecular formula is C14H20N2O2. The maximum absolute atomic E-state index is 11.7. The van der Waals surface area contributed by atoms with Gasteiger partial charge in [0.1, 0.15) is 5.60 Å². The molecule has 0 saturated heterocycles. The van der Waals surface area contributed by atoms with Crippen molar-refractivity contribution in [2.45, 2.75) is 39.2 Å². The number of amides is 1. The van der Waals surface area contributed by atoms with Gasteiger partial charge in [-0.25, -0.2) is 4.79 Å². The van der Waals surface area contributed by atoms with Crippen LogP contribution in [0.1, 0.15) is 32.9 Å². The van der Waals surface area contributed by atoms with E-state index < -0.39 is 11.7 Å². The summed E-state index contributed by atoms with van der Waals surface area (Å²) in [7, 11) is 0. The van der Waals surface area contributed by atoms with Gasteiger partial charge in [0.05, 0.1) is 11.4 Å². The predicted molar refractivity (Wildman–Crippen MR) is 72.6 cm³/mol. The molecule has 1 N–H and O–H groups in total. The van der Waals surface area contributed by atoms with Crippen molar-refractivity contribution in [2.75, 3.05) is 5.32 Å². The summed E-state index contributed by atoms with van der Waals surface area (Å²) in [4.78, 5) is 15.9. The van der Waals surface area contributed by atoms with E-state index in [0.717, 1.165) is 18.5 Å². The van der Waals surface area contributed by atoms with Crippen LogP contribution in [0.5, 0.6) is 0 Å². The first-order chi connectivity index (χ1) is 8.42. The summed E-state index contributed by atoms with van der Waals surface area (Å²) in [6.45, 7) is 9.16. The zero-order chi connectivity index (χ0) is 13.6. The molecule has 0 aliphatic carbocycles. The second-order valence-corrected chi connectivity index (χ2v) is 4.95. The molecule has 1 rings (SSSR count). The fourth-order valence-electron chi connectivity index (χ4n) is 1.40. The Balaban J connectivity index is 2.71. The smallest absolute Gasteiger partial charge is 0.412 e. The molecule has 4 heteroatoms. The van der Waals surface area contributed by atoms with Gasteiger partial charge in [0, 0.05) is 6.20 Å². The maximum Gasteiger partial charge on any atom is 0.412 e. The van der Waals surface area contributed by atoms with E-state index in [2.05, 4.69) is 16.9 Å². The first-order valence-electron chi connectivity index (χ1n) is 5.97. The van der Waals surface area contributed by atoms with E-state index >= 15 is 0 Å². The summed E-state index contributed by atoms with van der Waals surface area (Å²) < 4.78 is 5.20. The van der Waals surface area contributed by atoms with E-state index in [-0.39, 0.29) is 0 Å². The Morgan fingerprint density at radius 3 is 2.89 bits per heavy atom. The normalized spacial score (nSPS) is 10.8. The van der Waals surface area contributed by atoms with Crippen LogP contribution in [-0.2, 0) is 11.2 Å². The number of anilines is 1. The number of ether oxygens (including phenoxy) is 1. The lowest BCUT2D eigenvalue weighted by Gasteiger charge is -2.20. The minimum Gasteiger partial charge on any atom is -0.444 e. The monoisotopic (exact) mass is 248 g/mol. The van der Waals surface area contributed by atoms with Crippen LogP contribution in [0.2, 0.25) is 0 Å². The number of hydrogen-bond donors (Lipinski definition) is 1. The average Bonchev–Trinajstić information content (AvgIpc) is 2.25. The average molecular weight is 248 g/mol. The van der Waals surface area contributed by atoms with E-state index in [0.29, 0.717) is 5.69 Å². The quantitative estimate of drug-likeness (QED) is 0.829. The summed E-state index contributed by atoms with van der Waals surface area (Å²) in [6.07, 6.45) is 4.63. The van der Waals surface area contributed by atoms with Crippen LogP contribution in [-0.4, -0.2) is 16.7 Å². The number of rotatable bonds is 4. The molecule has 1 amide bonds. The van der Waals surface area contributed by atoms with Crippen LogP contribution in [0.15, 0.2) is 31.0 Å². The Labute approximate surface area is 108 Å². The van der Waals surface area contributed by atoms with Gasteiger partial charge < -0.3 is 4.74 Å². The Morgan fingerprint density at radius 2 is 2.28 bits per heavy atom. The summed E-state index contributed by atoms with van der Waals surface area (Å²) in [5.74, 6) is 0. The Hall–Kier alpha value is -1.84. The number of nitrogens with one attached hydrogen (secondary N) is 1. The molecule has 1 aromatic heterocycles. The van der Waals surface area contributed by atoms with Crippen LogP contribution in [0, 0.1) is 0 Å². The Kier molecular flexibility index (Phi) is 4.89. The third kappa shape index (κ3) is 4.99. The number of allylic oxidation sites excluding steroid dienone is 1. The molecule has 98 valence electrons. The second-order valence-electron chi connectivity index (χ2n) is 4.95. The topological polar surface area (TPSA) is 51.2 Å². The lowest BCUT2D eigenvalue weighted by atomic mass is 10.2. The highest BCUT2D eigenvalue weighted by atomic mass is 16.6. The van der Waals surface area contributed by atoms with Crippen molar-refractivity contribution in [1.82, 2.24) is 4.98 Å². The van der Waals surface area contributed by atoms with E-state index in [1.807, 2.05) is 32.9 Å². The molecule has 0 unspecified atom stereocenters. The molecule has 0 radical (unpaired) electrons. The molecule has 1 aromatic rings. The SMILES string of the molecule is C=CCCc1ncccc1NC(=O)OC(C)(C)C. The van der Waals surface area contributed by atoms with Gasteiger partial charge in [0.2, 0.25) is 0 Å². The fourth-order valence-corrected chi connectivity index (χ4v) is 1.40. The molecule has 18 heavy (non-hydrogen) atoms. The molecule has 0 aliphatic heterocycles. The number of carbonyl (C=O) groups is 1. The van der Waals surface area contributed by atoms with Crippen molar-refractivity contribution in [1.29, 1.82) is 0 Å². The molecule has 0 spiro atoms. The second kappa shape index (κ2) is 6.19. The van der Waals surface area contributed by atoms with Gasteiger partial charge in [0.15, 0.2) is 0 Å². The zero-order valence-electron chi connectivity index (χ0n) is 11.2. The maximum atomic E-state index is 11.7. The van der Waals surface area contributed by atoms with Gasteiger partial charge >= 0.3 is 6.09 Å². The Bertz CT molecular complexity index is 422. The van der Waals surface area contributed by atoms with Gasteiger partial charge in [-0.2, -0.15) is 0 Å². The number of aryl methyl sites for hydroxylation is 1. The number of nitrogens with zero attached hydrogens (tertiary/aromatic N) is 1. The molecule has 4 nitrogen and oxygen atoms in total. The largest absolute Gasteiger partial charge is 0.444 e. The van der Waals surface area contributed by atoms with Crippen molar-refractivity contribution < 1.29 is 9.53 Å². The van der Waals surface area contributed by atoms with Crippen LogP contribution in [0.3, 0.4) is 0 Å². The molecule has 0 fully saturated rings. The molecule has 1 heterocycles. The molecule has 0 bridgehead atoms. The zero-order valence-corrected chi connectivity index (χ0v) is 11.2. The standard InChI is InChI=1S/C14H20N2O2/c1-5-6-8-11-12(9-7-10-15-11)16-13(17)18-14(2,3)4/h5,7,9-10H,1,6,8H2,2-4H3,(H,16,17). The highest BCUT2D eigenvalue weighted by molar-refractivity contribution is 5.85. The number of pyridine rings is 1. The van der Waals surface area contributed by atoms with Crippen molar-refractivity contribution >= 4 is 11.8 Å². The van der Waals surface area contributed by atoms with E-state index in [9.17, 15) is 4.79 Å². The van der Waals surface area contributed by atoms with Gasteiger partial charge in [0.25, 0.3) is 0 Å². The van der Waals surface area contributed by atoms with Crippen molar-refractivity contribution in [3.63, 3.8) is 0 Å². The first kappa shape index (κ1) is 14.2. The van der Waals surface area contributed by atoms with Gasteiger partial charge in [-0.15, -0.1) is 6.58 Å². The number of hydrogen-bond acceptors (Lipinski definition) is 3. The van der Waals surface area contributed by atoms with Crippen molar-refractivity contribution in [3.05, 3.63) is 36.7 Å². The third-order valence-corrected chi connectivity index (χ3v) is 2.11. The number of carbonyl (C=O) groups excluding carboxylic acids is 1. The van der Waals surface area contributed by atoms with Gasteiger partial charge in [-0.05, 0) is 45.7 Å².